The van der Waals surface area contributed by atoms with Crippen LogP contribution in [0, 0.1) is 6.92 Å². The van der Waals surface area contributed by atoms with Crippen molar-refractivity contribution >= 4 is 23.2 Å². The zero-order valence-corrected chi connectivity index (χ0v) is 16.5. The summed E-state index contributed by atoms with van der Waals surface area (Å²) in [5.41, 5.74) is 5.24. The van der Waals surface area contributed by atoms with Crippen LogP contribution in [0.2, 0.25) is 0 Å². The second-order valence-corrected chi connectivity index (χ2v) is 7.44. The Labute approximate surface area is 171 Å². The van der Waals surface area contributed by atoms with E-state index >= 15 is 0 Å². The normalized spacial score (nSPS) is 13.3. The van der Waals surface area contributed by atoms with Crippen molar-refractivity contribution < 1.29 is 9.59 Å². The Bertz CT molecular complexity index is 1020. The molecule has 0 unspecified atom stereocenters. The molecule has 146 valence electrons. The molecule has 3 aromatic carbocycles. The van der Waals surface area contributed by atoms with Gasteiger partial charge in [0, 0.05) is 29.0 Å². The Morgan fingerprint density at radius 3 is 2.28 bits per heavy atom. The summed E-state index contributed by atoms with van der Waals surface area (Å²) in [7, 11) is 0. The van der Waals surface area contributed by atoms with Gasteiger partial charge in [-0.25, -0.2) is 0 Å². The van der Waals surface area contributed by atoms with Gasteiger partial charge in [-0.1, -0.05) is 35.9 Å². The van der Waals surface area contributed by atoms with Gasteiger partial charge in [-0.15, -0.1) is 0 Å². The Balaban J connectivity index is 1.50. The lowest BCUT2D eigenvalue weighted by Gasteiger charge is -2.23. The van der Waals surface area contributed by atoms with E-state index in [0.29, 0.717) is 16.8 Å². The molecule has 2 amide bonds. The molecule has 0 bridgehead atoms. The van der Waals surface area contributed by atoms with E-state index in [1.54, 1.807) is 36.4 Å². The van der Waals surface area contributed by atoms with Crippen LogP contribution in [0.4, 0.5) is 11.4 Å². The Morgan fingerprint density at radius 2 is 1.52 bits per heavy atom. The lowest BCUT2D eigenvalue weighted by Crippen LogP contribution is -2.31. The van der Waals surface area contributed by atoms with Gasteiger partial charge < -0.3 is 10.2 Å². The predicted octanol–water partition coefficient (Wildman–Crippen LogP) is 5.23. The monoisotopic (exact) mass is 384 g/mol. The predicted molar refractivity (Wildman–Crippen MR) is 117 cm³/mol. The molecule has 4 rings (SSSR count). The van der Waals surface area contributed by atoms with Crippen molar-refractivity contribution in [1.29, 1.82) is 0 Å². The fourth-order valence-electron chi connectivity index (χ4n) is 3.66. The lowest BCUT2D eigenvalue weighted by molar-refractivity contribution is 0.0985. The summed E-state index contributed by atoms with van der Waals surface area (Å²) >= 11 is 0. The summed E-state index contributed by atoms with van der Waals surface area (Å²) in [5, 5.41) is 2.89. The van der Waals surface area contributed by atoms with E-state index in [2.05, 4.69) is 11.4 Å². The largest absolute Gasteiger partial charge is 0.322 e. The van der Waals surface area contributed by atoms with E-state index in [1.165, 1.54) is 5.56 Å². The molecule has 0 spiro atoms. The lowest BCUT2D eigenvalue weighted by atomic mass is 10.1. The molecule has 0 atom stereocenters. The van der Waals surface area contributed by atoms with Gasteiger partial charge in [0.2, 0.25) is 0 Å². The van der Waals surface area contributed by atoms with Crippen LogP contribution in [0.15, 0.2) is 72.8 Å². The number of carbonyl (C=O) groups is 2. The van der Waals surface area contributed by atoms with Crippen molar-refractivity contribution in [2.24, 2.45) is 0 Å². The number of fused-ring (bicyclic) bond motifs is 1. The minimum atomic E-state index is -0.162. The molecule has 0 fully saturated rings. The van der Waals surface area contributed by atoms with Gasteiger partial charge in [0.05, 0.1) is 0 Å². The molecule has 1 heterocycles. The van der Waals surface area contributed by atoms with Gasteiger partial charge in [0.1, 0.15) is 0 Å². The zero-order chi connectivity index (χ0) is 20.2. The number of benzene rings is 3. The fraction of sp³-hybridized carbons (Fsp3) is 0.200. The molecule has 0 saturated carbocycles. The highest BCUT2D eigenvalue weighted by molar-refractivity contribution is 6.07. The highest BCUT2D eigenvalue weighted by atomic mass is 16.2. The van der Waals surface area contributed by atoms with Gasteiger partial charge in [-0.05, 0) is 74.2 Å². The van der Waals surface area contributed by atoms with Crippen LogP contribution in [0.1, 0.15) is 44.7 Å². The summed E-state index contributed by atoms with van der Waals surface area (Å²) in [6.45, 7) is 2.71. The van der Waals surface area contributed by atoms with E-state index in [0.717, 1.165) is 37.1 Å². The fourth-order valence-corrected chi connectivity index (χ4v) is 3.66. The van der Waals surface area contributed by atoms with Crippen molar-refractivity contribution in [2.75, 3.05) is 16.8 Å². The molecule has 4 heteroatoms. The number of rotatable bonds is 3. The first-order chi connectivity index (χ1) is 14.1. The minimum Gasteiger partial charge on any atom is -0.322 e. The molecule has 4 nitrogen and oxygen atoms in total. The summed E-state index contributed by atoms with van der Waals surface area (Å²) in [6, 6.07) is 22.7. The van der Waals surface area contributed by atoms with E-state index in [4.69, 9.17) is 0 Å². The highest BCUT2D eigenvalue weighted by Gasteiger charge is 2.22. The van der Waals surface area contributed by atoms with Crippen molar-refractivity contribution in [3.05, 3.63) is 95.1 Å². The van der Waals surface area contributed by atoms with Crippen molar-refractivity contribution in [2.45, 2.75) is 26.2 Å². The summed E-state index contributed by atoms with van der Waals surface area (Å²) in [4.78, 5) is 27.4. The number of nitrogens with one attached hydrogen (secondary N) is 1. The van der Waals surface area contributed by atoms with Gasteiger partial charge in [-0.3, -0.25) is 9.59 Å². The highest BCUT2D eigenvalue weighted by Crippen LogP contribution is 2.27. The second-order valence-electron chi connectivity index (χ2n) is 7.44. The van der Waals surface area contributed by atoms with E-state index in [9.17, 15) is 9.59 Å². The van der Waals surface area contributed by atoms with Crippen molar-refractivity contribution in [3.8, 4) is 0 Å². The average molecular weight is 384 g/mol. The van der Waals surface area contributed by atoms with E-state index in [-0.39, 0.29) is 11.8 Å². The summed E-state index contributed by atoms with van der Waals surface area (Å²) in [6.07, 6.45) is 3.08. The molecule has 0 saturated heterocycles. The molecular weight excluding hydrogens is 360 g/mol. The number of para-hydroxylation sites is 1. The van der Waals surface area contributed by atoms with Gasteiger partial charge in [0.25, 0.3) is 11.8 Å². The summed E-state index contributed by atoms with van der Waals surface area (Å²) in [5.74, 6) is -0.165. The van der Waals surface area contributed by atoms with Crippen LogP contribution in [0.5, 0.6) is 0 Å². The van der Waals surface area contributed by atoms with Crippen LogP contribution >= 0.6 is 0 Å². The van der Waals surface area contributed by atoms with Gasteiger partial charge >= 0.3 is 0 Å². The first kappa shape index (κ1) is 18.9. The molecule has 29 heavy (non-hydrogen) atoms. The third-order valence-corrected chi connectivity index (χ3v) is 5.31. The molecule has 0 aromatic heterocycles. The average Bonchev–Trinajstić information content (AvgIpc) is 2.97. The maximum Gasteiger partial charge on any atom is 0.258 e. The van der Waals surface area contributed by atoms with Crippen LogP contribution in [-0.4, -0.2) is 18.4 Å². The number of nitrogens with zero attached hydrogens (tertiary/aromatic N) is 1. The van der Waals surface area contributed by atoms with Gasteiger partial charge in [-0.2, -0.15) is 0 Å². The molecule has 3 aromatic rings. The molecule has 0 radical (unpaired) electrons. The van der Waals surface area contributed by atoms with Crippen molar-refractivity contribution in [1.82, 2.24) is 0 Å². The Hall–Kier alpha value is -3.40. The number of amides is 2. The first-order valence-electron chi connectivity index (χ1n) is 10.00. The zero-order valence-electron chi connectivity index (χ0n) is 16.5. The standard InChI is InChI=1S/C25H24N2O2/c1-18-9-11-20(12-10-18)24(28)26-22-15-13-21(14-16-22)25(29)27-17-5-4-7-19-6-2-3-8-23(19)27/h2-3,6,8-16H,4-5,7,17H2,1H3,(H,26,28). The third-order valence-electron chi connectivity index (χ3n) is 5.31. The topological polar surface area (TPSA) is 49.4 Å². The van der Waals surface area contributed by atoms with Crippen molar-refractivity contribution in [3.63, 3.8) is 0 Å². The Morgan fingerprint density at radius 1 is 0.828 bits per heavy atom. The third kappa shape index (κ3) is 4.21. The number of aryl methyl sites for hydroxylation is 2. The molecule has 1 aliphatic rings. The van der Waals surface area contributed by atoms with Crippen LogP contribution < -0.4 is 10.2 Å². The maximum atomic E-state index is 13.1. The number of anilines is 2. The minimum absolute atomic E-state index is 0.00392. The number of hydrogen-bond acceptors (Lipinski definition) is 2. The number of hydrogen-bond donors (Lipinski definition) is 1. The number of carbonyl (C=O) groups excluding carboxylic acids is 2. The van der Waals surface area contributed by atoms with Crippen LogP contribution in [-0.2, 0) is 6.42 Å². The molecule has 1 aliphatic heterocycles. The second kappa shape index (κ2) is 8.31. The van der Waals surface area contributed by atoms with E-state index in [1.807, 2.05) is 42.2 Å². The quantitative estimate of drug-likeness (QED) is 0.672. The maximum absolute atomic E-state index is 13.1. The summed E-state index contributed by atoms with van der Waals surface area (Å²) < 4.78 is 0. The first-order valence-corrected chi connectivity index (χ1v) is 10.00. The molecular formula is C25H24N2O2. The SMILES string of the molecule is Cc1ccc(C(=O)Nc2ccc(C(=O)N3CCCCc4ccccc43)cc2)cc1. The molecule has 0 aliphatic carbocycles. The van der Waals surface area contributed by atoms with E-state index < -0.39 is 0 Å². The van der Waals surface area contributed by atoms with Crippen LogP contribution in [0.25, 0.3) is 0 Å². The van der Waals surface area contributed by atoms with Crippen LogP contribution in [0.3, 0.4) is 0 Å². The Kier molecular flexibility index (Phi) is 5.43. The molecule has 1 N–H and O–H groups in total. The van der Waals surface area contributed by atoms with Gasteiger partial charge in [0.15, 0.2) is 0 Å². The smallest absolute Gasteiger partial charge is 0.258 e.